The van der Waals surface area contributed by atoms with Gasteiger partial charge in [0.15, 0.2) is 0 Å². The zero-order valence-corrected chi connectivity index (χ0v) is 13.5. The molecule has 1 heterocycles. The third-order valence-corrected chi connectivity index (χ3v) is 4.49. The second kappa shape index (κ2) is 7.45. The molecule has 0 aromatic heterocycles. The van der Waals surface area contributed by atoms with Crippen molar-refractivity contribution in [1.29, 1.82) is 0 Å². The van der Waals surface area contributed by atoms with E-state index >= 15 is 0 Å². The zero-order chi connectivity index (χ0) is 16.9. The van der Waals surface area contributed by atoms with E-state index in [1.807, 2.05) is 36.4 Å². The minimum atomic E-state index is -0.475. The molecule has 126 valence electrons. The first-order valence-corrected chi connectivity index (χ1v) is 8.24. The molecule has 2 aromatic carbocycles. The summed E-state index contributed by atoms with van der Waals surface area (Å²) < 4.78 is 13.4. The van der Waals surface area contributed by atoms with Gasteiger partial charge in [-0.2, -0.15) is 0 Å². The highest BCUT2D eigenvalue weighted by Crippen LogP contribution is 2.22. The summed E-state index contributed by atoms with van der Waals surface area (Å²) in [6.07, 6.45) is 1.76. The smallest absolute Gasteiger partial charge is 0.239 e. The monoisotopic (exact) mass is 327 g/mol. The number of nitrogens with two attached hydrogens (primary N) is 1. The Labute approximate surface area is 141 Å². The maximum absolute atomic E-state index is 13.4. The van der Waals surface area contributed by atoms with Crippen LogP contribution >= 0.6 is 0 Å². The Kier molecular flexibility index (Phi) is 5.11. The highest BCUT2D eigenvalue weighted by molar-refractivity contribution is 5.81. The predicted molar refractivity (Wildman–Crippen MR) is 93.1 cm³/mol. The van der Waals surface area contributed by atoms with Crippen molar-refractivity contribution in [1.82, 2.24) is 5.32 Å². The number of carbonyl (C=O) groups excluding carboxylic acids is 1. The molecular formula is C19H22FN3O. The van der Waals surface area contributed by atoms with Gasteiger partial charge < -0.3 is 10.6 Å². The van der Waals surface area contributed by atoms with Crippen molar-refractivity contribution < 1.29 is 9.18 Å². The summed E-state index contributed by atoms with van der Waals surface area (Å²) >= 11 is 0. The molecule has 1 aliphatic rings. The summed E-state index contributed by atoms with van der Waals surface area (Å²) in [5.41, 5.74) is 7.36. The van der Waals surface area contributed by atoms with Crippen LogP contribution in [0.5, 0.6) is 0 Å². The molecule has 1 aliphatic heterocycles. The number of halogens is 1. The van der Waals surface area contributed by atoms with E-state index in [1.165, 1.54) is 6.07 Å². The molecule has 1 atom stereocenters. The van der Waals surface area contributed by atoms with Crippen molar-refractivity contribution in [2.75, 3.05) is 18.0 Å². The van der Waals surface area contributed by atoms with Crippen LogP contribution in [0.3, 0.4) is 0 Å². The second-order valence-electron chi connectivity index (χ2n) is 6.15. The molecule has 24 heavy (non-hydrogen) atoms. The Bertz CT molecular complexity index is 684. The van der Waals surface area contributed by atoms with Crippen LogP contribution < -0.4 is 16.0 Å². The van der Waals surface area contributed by atoms with Crippen molar-refractivity contribution in [3.05, 3.63) is 66.0 Å². The van der Waals surface area contributed by atoms with Crippen LogP contribution in [0.2, 0.25) is 0 Å². The van der Waals surface area contributed by atoms with Crippen LogP contribution in [0.1, 0.15) is 24.4 Å². The van der Waals surface area contributed by atoms with E-state index in [-0.39, 0.29) is 17.8 Å². The van der Waals surface area contributed by atoms with Gasteiger partial charge in [0.25, 0.3) is 0 Å². The minimum absolute atomic E-state index is 0.215. The molecular weight excluding hydrogens is 305 g/mol. The van der Waals surface area contributed by atoms with Crippen LogP contribution in [0.4, 0.5) is 10.1 Å². The number of hydrogen-bond acceptors (Lipinski definition) is 3. The van der Waals surface area contributed by atoms with E-state index in [4.69, 9.17) is 5.73 Å². The molecule has 0 aliphatic carbocycles. The largest absolute Gasteiger partial charge is 0.371 e. The minimum Gasteiger partial charge on any atom is -0.371 e. The van der Waals surface area contributed by atoms with Crippen molar-refractivity contribution in [2.45, 2.75) is 24.9 Å². The molecule has 3 N–H and O–H groups in total. The molecule has 1 unspecified atom stereocenters. The summed E-state index contributed by atoms with van der Waals surface area (Å²) in [5.74, 6) is -0.584. The van der Waals surface area contributed by atoms with E-state index < -0.39 is 6.04 Å². The predicted octanol–water partition coefficient (Wildman–Crippen LogP) is 2.61. The third-order valence-electron chi connectivity index (χ3n) is 4.49. The quantitative estimate of drug-likeness (QED) is 0.887. The molecule has 0 bridgehead atoms. The molecule has 3 rings (SSSR count). The fraction of sp³-hybridized carbons (Fsp3) is 0.316. The fourth-order valence-corrected chi connectivity index (χ4v) is 3.20. The first kappa shape index (κ1) is 16.5. The van der Waals surface area contributed by atoms with E-state index in [2.05, 4.69) is 10.2 Å². The van der Waals surface area contributed by atoms with Crippen LogP contribution in [0, 0.1) is 5.82 Å². The number of benzene rings is 2. The number of piperidine rings is 1. The van der Waals surface area contributed by atoms with E-state index in [0.717, 1.165) is 37.2 Å². The molecule has 1 amide bonds. The lowest BCUT2D eigenvalue weighted by molar-refractivity contribution is -0.120. The average molecular weight is 327 g/mol. The van der Waals surface area contributed by atoms with E-state index in [0.29, 0.717) is 0 Å². The maximum atomic E-state index is 13.4. The summed E-state index contributed by atoms with van der Waals surface area (Å²) in [7, 11) is 0. The SMILES string of the molecule is NC(=O)C(NC1CCN(c2cccc(F)c2)CC1)c1ccccc1. The summed E-state index contributed by atoms with van der Waals surface area (Å²) in [4.78, 5) is 14.0. The maximum Gasteiger partial charge on any atom is 0.239 e. The molecule has 1 saturated heterocycles. The molecule has 0 radical (unpaired) electrons. The zero-order valence-electron chi connectivity index (χ0n) is 13.5. The normalized spacial score (nSPS) is 16.8. The van der Waals surface area contributed by atoms with Crippen LogP contribution in [0.15, 0.2) is 54.6 Å². The molecule has 5 heteroatoms. The van der Waals surface area contributed by atoms with Gasteiger partial charge in [-0.15, -0.1) is 0 Å². The van der Waals surface area contributed by atoms with Gasteiger partial charge in [0.05, 0.1) is 0 Å². The van der Waals surface area contributed by atoms with Crippen molar-refractivity contribution in [3.63, 3.8) is 0 Å². The number of carbonyl (C=O) groups is 1. The molecule has 0 spiro atoms. The summed E-state index contributed by atoms with van der Waals surface area (Å²) in [5, 5.41) is 3.38. The molecule has 0 saturated carbocycles. The van der Waals surface area contributed by atoms with Gasteiger partial charge in [-0.3, -0.25) is 10.1 Å². The number of nitrogens with zero attached hydrogens (tertiary/aromatic N) is 1. The first-order valence-electron chi connectivity index (χ1n) is 8.24. The number of primary amides is 1. The number of hydrogen-bond donors (Lipinski definition) is 2. The van der Waals surface area contributed by atoms with Gasteiger partial charge in [0, 0.05) is 24.8 Å². The van der Waals surface area contributed by atoms with Gasteiger partial charge >= 0.3 is 0 Å². The lowest BCUT2D eigenvalue weighted by Crippen LogP contribution is -2.46. The van der Waals surface area contributed by atoms with Crippen molar-refractivity contribution >= 4 is 11.6 Å². The Morgan fingerprint density at radius 1 is 1.12 bits per heavy atom. The number of nitrogens with one attached hydrogen (secondary N) is 1. The summed E-state index contributed by atoms with van der Waals surface area (Å²) in [6.45, 7) is 1.64. The van der Waals surface area contributed by atoms with Crippen molar-refractivity contribution in [2.24, 2.45) is 5.73 Å². The van der Waals surface area contributed by atoms with Gasteiger partial charge in [0.2, 0.25) is 5.91 Å². The topological polar surface area (TPSA) is 58.4 Å². The lowest BCUT2D eigenvalue weighted by Gasteiger charge is -2.35. The standard InChI is InChI=1S/C19H22FN3O/c20-15-7-4-8-17(13-15)23-11-9-16(10-12-23)22-18(19(21)24)14-5-2-1-3-6-14/h1-8,13,16,18,22H,9-12H2,(H2,21,24). The van der Waals surface area contributed by atoms with Gasteiger partial charge in [-0.1, -0.05) is 36.4 Å². The highest BCUT2D eigenvalue weighted by Gasteiger charge is 2.25. The van der Waals surface area contributed by atoms with Gasteiger partial charge in [-0.25, -0.2) is 4.39 Å². The second-order valence-corrected chi connectivity index (χ2v) is 6.15. The van der Waals surface area contributed by atoms with Gasteiger partial charge in [0.1, 0.15) is 11.9 Å². The van der Waals surface area contributed by atoms with E-state index in [9.17, 15) is 9.18 Å². The fourth-order valence-electron chi connectivity index (χ4n) is 3.20. The lowest BCUT2D eigenvalue weighted by atomic mass is 10.00. The van der Waals surface area contributed by atoms with Gasteiger partial charge in [-0.05, 0) is 36.6 Å². The van der Waals surface area contributed by atoms with Crippen LogP contribution in [0.25, 0.3) is 0 Å². The molecule has 1 fully saturated rings. The number of rotatable bonds is 5. The molecule has 4 nitrogen and oxygen atoms in total. The Morgan fingerprint density at radius 3 is 2.46 bits per heavy atom. The highest BCUT2D eigenvalue weighted by atomic mass is 19.1. The Balaban J connectivity index is 1.61. The average Bonchev–Trinajstić information content (AvgIpc) is 2.61. The van der Waals surface area contributed by atoms with Crippen LogP contribution in [-0.2, 0) is 4.79 Å². The first-order chi connectivity index (χ1) is 11.6. The van der Waals surface area contributed by atoms with Crippen LogP contribution in [-0.4, -0.2) is 25.0 Å². The number of anilines is 1. The molecule has 2 aromatic rings. The Hall–Kier alpha value is -2.40. The number of amides is 1. The summed E-state index contributed by atoms with van der Waals surface area (Å²) in [6, 6.07) is 15.9. The Morgan fingerprint density at radius 2 is 1.83 bits per heavy atom. The van der Waals surface area contributed by atoms with Crippen molar-refractivity contribution in [3.8, 4) is 0 Å². The van der Waals surface area contributed by atoms with E-state index in [1.54, 1.807) is 12.1 Å². The third kappa shape index (κ3) is 3.92.